The largest absolute Gasteiger partial charge is 0.304 e. The Labute approximate surface area is 132 Å². The van der Waals surface area contributed by atoms with Gasteiger partial charge in [-0.3, -0.25) is 0 Å². The third-order valence-electron chi connectivity index (χ3n) is 3.47. The van der Waals surface area contributed by atoms with Crippen LogP contribution in [-0.2, 0) is 13.0 Å². The summed E-state index contributed by atoms with van der Waals surface area (Å²) in [5, 5.41) is 4.88. The van der Waals surface area contributed by atoms with E-state index in [0.717, 1.165) is 19.4 Å². The molecule has 0 bridgehead atoms. The third kappa shape index (κ3) is 5.25. The topological polar surface area (TPSA) is 24.9 Å². The fourth-order valence-corrected chi connectivity index (χ4v) is 3.22. The zero-order valence-electron chi connectivity index (χ0n) is 13.5. The summed E-state index contributed by atoms with van der Waals surface area (Å²) in [6.07, 6.45) is 4.19. The van der Waals surface area contributed by atoms with Gasteiger partial charge < -0.3 is 5.32 Å². The molecule has 0 aliphatic rings. The Balaban J connectivity index is 2.05. The Morgan fingerprint density at radius 3 is 2.48 bits per heavy atom. The minimum Gasteiger partial charge on any atom is -0.304 e. The number of nitrogens with zero attached hydrogens (tertiary/aromatic N) is 1. The molecule has 2 aromatic rings. The number of nitrogens with one attached hydrogen (secondary N) is 1. The van der Waals surface area contributed by atoms with Crippen LogP contribution in [-0.4, -0.2) is 4.98 Å². The molecule has 21 heavy (non-hydrogen) atoms. The van der Waals surface area contributed by atoms with Crippen LogP contribution in [0.15, 0.2) is 36.5 Å². The van der Waals surface area contributed by atoms with Crippen LogP contribution in [0.5, 0.6) is 0 Å². The lowest BCUT2D eigenvalue weighted by atomic mass is 9.85. The van der Waals surface area contributed by atoms with Crippen LogP contribution in [0, 0.1) is 5.41 Å². The third-order valence-corrected chi connectivity index (χ3v) is 4.61. The van der Waals surface area contributed by atoms with E-state index in [0.29, 0.717) is 11.5 Å². The van der Waals surface area contributed by atoms with Crippen molar-refractivity contribution in [1.29, 1.82) is 0 Å². The Hall–Kier alpha value is -1.19. The Morgan fingerprint density at radius 1 is 1.19 bits per heavy atom. The van der Waals surface area contributed by atoms with Crippen molar-refractivity contribution in [2.24, 2.45) is 5.41 Å². The molecule has 0 amide bonds. The number of benzene rings is 1. The number of hydrogen-bond donors (Lipinski definition) is 1. The highest BCUT2D eigenvalue weighted by molar-refractivity contribution is 7.11. The Bertz CT molecular complexity index is 540. The van der Waals surface area contributed by atoms with E-state index in [1.54, 1.807) is 0 Å². The molecule has 3 heteroatoms. The molecule has 0 aliphatic heterocycles. The van der Waals surface area contributed by atoms with Crippen molar-refractivity contribution in [2.45, 2.75) is 53.1 Å². The van der Waals surface area contributed by atoms with Crippen molar-refractivity contribution >= 4 is 11.3 Å². The van der Waals surface area contributed by atoms with Gasteiger partial charge in [0.25, 0.3) is 0 Å². The lowest BCUT2D eigenvalue weighted by Gasteiger charge is -2.27. The summed E-state index contributed by atoms with van der Waals surface area (Å²) in [7, 11) is 0. The van der Waals surface area contributed by atoms with Gasteiger partial charge in [0.05, 0.1) is 0 Å². The van der Waals surface area contributed by atoms with Crippen LogP contribution in [0.2, 0.25) is 0 Å². The summed E-state index contributed by atoms with van der Waals surface area (Å²) >= 11 is 1.81. The summed E-state index contributed by atoms with van der Waals surface area (Å²) in [6, 6.07) is 11.1. The van der Waals surface area contributed by atoms with Gasteiger partial charge in [0.2, 0.25) is 0 Å². The van der Waals surface area contributed by atoms with Gasteiger partial charge in [0, 0.05) is 23.7 Å². The van der Waals surface area contributed by atoms with Crippen molar-refractivity contribution in [2.75, 3.05) is 0 Å². The fraction of sp³-hybridized carbons (Fsp3) is 0.500. The highest BCUT2D eigenvalue weighted by Gasteiger charge is 2.20. The molecular formula is C18H26N2S. The lowest BCUT2D eigenvalue weighted by molar-refractivity contribution is 0.310. The van der Waals surface area contributed by atoms with Crippen LogP contribution >= 0.6 is 11.3 Å². The average molecular weight is 302 g/mol. The summed E-state index contributed by atoms with van der Waals surface area (Å²) in [4.78, 5) is 5.87. The van der Waals surface area contributed by atoms with Gasteiger partial charge in [-0.25, -0.2) is 4.98 Å². The first-order valence-corrected chi connectivity index (χ1v) is 8.51. The Morgan fingerprint density at radius 2 is 1.90 bits per heavy atom. The monoisotopic (exact) mass is 302 g/mol. The first-order chi connectivity index (χ1) is 9.98. The van der Waals surface area contributed by atoms with Crippen LogP contribution in [0.1, 0.15) is 55.6 Å². The highest BCUT2D eigenvalue weighted by atomic mass is 32.1. The number of hydrogen-bond acceptors (Lipinski definition) is 3. The lowest BCUT2D eigenvalue weighted by Crippen LogP contribution is -2.25. The highest BCUT2D eigenvalue weighted by Crippen LogP contribution is 2.29. The SMILES string of the molecule is CCc1cnc(CNC(CC(C)(C)C)c2ccccc2)s1. The summed E-state index contributed by atoms with van der Waals surface area (Å²) in [6.45, 7) is 9.91. The normalized spacial score (nSPS) is 13.3. The van der Waals surface area contributed by atoms with Gasteiger partial charge >= 0.3 is 0 Å². The van der Waals surface area contributed by atoms with E-state index < -0.39 is 0 Å². The van der Waals surface area contributed by atoms with E-state index in [2.05, 4.69) is 68.3 Å². The maximum Gasteiger partial charge on any atom is 0.107 e. The van der Waals surface area contributed by atoms with E-state index in [4.69, 9.17) is 0 Å². The molecule has 0 radical (unpaired) electrons. The quantitative estimate of drug-likeness (QED) is 0.814. The molecule has 0 saturated carbocycles. The van der Waals surface area contributed by atoms with Crippen molar-refractivity contribution in [3.05, 3.63) is 52.0 Å². The summed E-state index contributed by atoms with van der Waals surface area (Å²) in [5.74, 6) is 0. The zero-order chi connectivity index (χ0) is 15.3. The van der Waals surface area contributed by atoms with Crippen molar-refractivity contribution in [3.63, 3.8) is 0 Å². The summed E-state index contributed by atoms with van der Waals surface area (Å²) < 4.78 is 0. The molecule has 0 saturated heterocycles. The van der Waals surface area contributed by atoms with Gasteiger partial charge in [-0.2, -0.15) is 0 Å². The van der Waals surface area contributed by atoms with Crippen LogP contribution in [0.4, 0.5) is 0 Å². The van der Waals surface area contributed by atoms with E-state index >= 15 is 0 Å². The molecule has 2 nitrogen and oxygen atoms in total. The van der Waals surface area contributed by atoms with E-state index in [-0.39, 0.29) is 0 Å². The number of thiazole rings is 1. The molecule has 0 aliphatic carbocycles. The second kappa shape index (κ2) is 7.19. The molecule has 1 aromatic heterocycles. The molecule has 0 spiro atoms. The standard InChI is InChI=1S/C18H26N2S/c1-5-15-12-20-17(21-15)13-19-16(11-18(2,3)4)14-9-7-6-8-10-14/h6-10,12,16,19H,5,11,13H2,1-4H3. The van der Waals surface area contributed by atoms with E-state index in [1.165, 1.54) is 15.4 Å². The van der Waals surface area contributed by atoms with Crippen molar-refractivity contribution in [1.82, 2.24) is 10.3 Å². The minimum atomic E-state index is 0.297. The summed E-state index contributed by atoms with van der Waals surface area (Å²) in [5.41, 5.74) is 1.66. The maximum atomic E-state index is 4.51. The number of rotatable bonds is 6. The van der Waals surface area contributed by atoms with Gasteiger partial charge in [0.15, 0.2) is 0 Å². The fourth-order valence-electron chi connectivity index (χ4n) is 2.41. The van der Waals surface area contributed by atoms with Gasteiger partial charge in [-0.1, -0.05) is 58.0 Å². The first kappa shape index (κ1) is 16.2. The molecule has 114 valence electrons. The van der Waals surface area contributed by atoms with Crippen LogP contribution in [0.3, 0.4) is 0 Å². The van der Waals surface area contributed by atoms with E-state index in [1.807, 2.05) is 17.5 Å². The molecule has 1 N–H and O–H groups in total. The van der Waals surface area contributed by atoms with Gasteiger partial charge in [-0.15, -0.1) is 11.3 Å². The van der Waals surface area contributed by atoms with Gasteiger partial charge in [-0.05, 0) is 23.8 Å². The van der Waals surface area contributed by atoms with Crippen LogP contribution < -0.4 is 5.32 Å². The predicted octanol–water partition coefficient (Wildman–Crippen LogP) is 4.97. The molecule has 1 atom stereocenters. The first-order valence-electron chi connectivity index (χ1n) is 7.70. The predicted molar refractivity (Wildman–Crippen MR) is 91.6 cm³/mol. The number of aryl methyl sites for hydroxylation is 1. The molecular weight excluding hydrogens is 276 g/mol. The van der Waals surface area contributed by atoms with Crippen molar-refractivity contribution in [3.8, 4) is 0 Å². The molecule has 1 heterocycles. The maximum absolute atomic E-state index is 4.51. The average Bonchev–Trinajstić information content (AvgIpc) is 2.91. The van der Waals surface area contributed by atoms with Crippen molar-refractivity contribution < 1.29 is 0 Å². The molecule has 1 unspecified atom stereocenters. The molecule has 1 aromatic carbocycles. The van der Waals surface area contributed by atoms with E-state index in [9.17, 15) is 0 Å². The smallest absolute Gasteiger partial charge is 0.107 e. The zero-order valence-corrected chi connectivity index (χ0v) is 14.3. The van der Waals surface area contributed by atoms with Crippen LogP contribution in [0.25, 0.3) is 0 Å². The Kier molecular flexibility index (Phi) is 5.54. The van der Waals surface area contributed by atoms with Gasteiger partial charge in [0.1, 0.15) is 5.01 Å². The molecule has 2 rings (SSSR count). The second-order valence-electron chi connectivity index (χ2n) is 6.68. The molecule has 0 fully saturated rings. The minimum absolute atomic E-state index is 0.297. The number of aromatic nitrogens is 1. The second-order valence-corrected chi connectivity index (χ2v) is 7.88.